The molecule has 0 aliphatic heterocycles. The number of phenols is 1. The lowest BCUT2D eigenvalue weighted by molar-refractivity contribution is -0.201. The smallest absolute Gasteiger partial charge is 0.416 e. The van der Waals surface area contributed by atoms with Gasteiger partial charge < -0.3 is 15.5 Å². The van der Waals surface area contributed by atoms with Gasteiger partial charge in [-0.1, -0.05) is 6.07 Å². The molecule has 1 aromatic rings. The Morgan fingerprint density at radius 3 is 2.56 bits per heavy atom. The topological polar surface area (TPSA) is 69.6 Å². The molecule has 0 aromatic heterocycles. The fraction of sp³-hybridized carbons (Fsp3) is 0.364. The number of benzene rings is 1. The van der Waals surface area contributed by atoms with Gasteiger partial charge in [0.1, 0.15) is 5.75 Å². The van der Waals surface area contributed by atoms with Crippen LogP contribution in [0.5, 0.6) is 5.75 Å². The van der Waals surface area contributed by atoms with Crippen LogP contribution in [0.2, 0.25) is 0 Å². The Kier molecular flexibility index (Phi) is 4.18. The van der Waals surface area contributed by atoms with Crippen molar-refractivity contribution in [1.82, 2.24) is 5.32 Å². The monoisotopic (exact) mass is 263 g/mol. The largest absolute Gasteiger partial charge is 0.508 e. The predicted molar refractivity (Wildman–Crippen MR) is 57.2 cm³/mol. The number of alkyl halides is 3. The van der Waals surface area contributed by atoms with Crippen molar-refractivity contribution in [2.45, 2.75) is 19.2 Å². The lowest BCUT2D eigenvalue weighted by Crippen LogP contribution is -2.40. The molecule has 0 aliphatic rings. The van der Waals surface area contributed by atoms with Crippen molar-refractivity contribution >= 4 is 5.91 Å². The van der Waals surface area contributed by atoms with Crippen LogP contribution in [-0.2, 0) is 0 Å². The van der Waals surface area contributed by atoms with Gasteiger partial charge in [0.05, 0.1) is 6.54 Å². The lowest BCUT2D eigenvalue weighted by atomic mass is 10.1. The van der Waals surface area contributed by atoms with Crippen molar-refractivity contribution in [3.8, 4) is 5.75 Å². The van der Waals surface area contributed by atoms with Crippen molar-refractivity contribution in [1.29, 1.82) is 0 Å². The number of hydrogen-bond donors (Lipinski definition) is 3. The maximum atomic E-state index is 12.0. The Balaban J connectivity index is 2.63. The zero-order chi connectivity index (χ0) is 13.9. The van der Waals surface area contributed by atoms with Gasteiger partial charge in [0.25, 0.3) is 5.91 Å². The number of carbonyl (C=O) groups excluding carboxylic acids is 1. The molecular formula is C11H12F3NO3. The number of halogens is 3. The average Bonchev–Trinajstić information content (AvgIpc) is 2.27. The van der Waals surface area contributed by atoms with Crippen LogP contribution >= 0.6 is 0 Å². The van der Waals surface area contributed by atoms with E-state index in [0.29, 0.717) is 5.56 Å². The van der Waals surface area contributed by atoms with Crippen molar-refractivity contribution in [3.63, 3.8) is 0 Å². The number of nitrogens with one attached hydrogen (secondary N) is 1. The predicted octanol–water partition coefficient (Wildman–Crippen LogP) is 1.35. The van der Waals surface area contributed by atoms with Crippen LogP contribution in [0.3, 0.4) is 0 Å². The number of aryl methyl sites for hydroxylation is 1. The molecule has 1 amide bonds. The summed E-state index contributed by atoms with van der Waals surface area (Å²) < 4.78 is 35.9. The molecule has 0 aliphatic carbocycles. The number of amides is 1. The van der Waals surface area contributed by atoms with Crippen LogP contribution in [-0.4, -0.2) is 34.9 Å². The minimum atomic E-state index is -4.78. The maximum Gasteiger partial charge on any atom is 0.416 e. The third kappa shape index (κ3) is 3.63. The van der Waals surface area contributed by atoms with Gasteiger partial charge in [-0.15, -0.1) is 0 Å². The number of phenolic OH excluding ortho intramolecular Hbond substituents is 1. The highest BCUT2D eigenvalue weighted by molar-refractivity contribution is 5.94. The molecule has 7 heteroatoms. The highest BCUT2D eigenvalue weighted by Crippen LogP contribution is 2.20. The molecule has 0 fully saturated rings. The second-order valence-electron chi connectivity index (χ2n) is 3.77. The van der Waals surface area contributed by atoms with Crippen LogP contribution in [0.4, 0.5) is 13.2 Å². The lowest BCUT2D eigenvalue weighted by Gasteiger charge is -2.15. The molecule has 1 atom stereocenters. The summed E-state index contributed by atoms with van der Waals surface area (Å²) in [7, 11) is 0. The fourth-order valence-corrected chi connectivity index (χ4v) is 1.16. The van der Waals surface area contributed by atoms with E-state index < -0.39 is 24.7 Å². The van der Waals surface area contributed by atoms with E-state index in [2.05, 4.69) is 0 Å². The first-order valence-corrected chi connectivity index (χ1v) is 5.04. The highest BCUT2D eigenvalue weighted by Gasteiger charge is 2.38. The molecule has 1 unspecified atom stereocenters. The van der Waals surface area contributed by atoms with Crippen molar-refractivity contribution in [3.05, 3.63) is 29.3 Å². The third-order valence-electron chi connectivity index (χ3n) is 2.31. The van der Waals surface area contributed by atoms with Gasteiger partial charge >= 0.3 is 6.18 Å². The van der Waals surface area contributed by atoms with Crippen molar-refractivity contribution in [2.24, 2.45) is 0 Å². The van der Waals surface area contributed by atoms with E-state index in [9.17, 15) is 23.1 Å². The Morgan fingerprint density at radius 1 is 1.44 bits per heavy atom. The number of aliphatic hydroxyl groups excluding tert-OH is 1. The molecule has 0 bridgehead atoms. The minimum absolute atomic E-state index is 0.0208. The van der Waals surface area contributed by atoms with Gasteiger partial charge in [-0.3, -0.25) is 4.79 Å². The molecule has 1 rings (SSSR count). The summed E-state index contributed by atoms with van der Waals surface area (Å²) in [5.41, 5.74) is 0.564. The van der Waals surface area contributed by atoms with E-state index in [-0.39, 0.29) is 11.3 Å². The Bertz CT molecular complexity index is 446. The van der Waals surface area contributed by atoms with Crippen LogP contribution in [0.25, 0.3) is 0 Å². The van der Waals surface area contributed by atoms with Gasteiger partial charge in [-0.2, -0.15) is 13.2 Å². The molecule has 100 valence electrons. The van der Waals surface area contributed by atoms with Crippen LogP contribution < -0.4 is 5.32 Å². The Hall–Kier alpha value is -1.76. The zero-order valence-corrected chi connectivity index (χ0v) is 9.45. The Morgan fingerprint density at radius 2 is 2.06 bits per heavy atom. The van der Waals surface area contributed by atoms with Crippen LogP contribution in [0.15, 0.2) is 18.2 Å². The van der Waals surface area contributed by atoms with Crippen molar-refractivity contribution in [2.75, 3.05) is 6.54 Å². The number of aliphatic hydroxyl groups is 1. The normalized spacial score (nSPS) is 13.2. The average molecular weight is 263 g/mol. The fourth-order valence-electron chi connectivity index (χ4n) is 1.16. The standard InChI is InChI=1S/C11H12F3NO3/c1-6-2-3-7(4-8(6)16)10(18)15-5-9(17)11(12,13)14/h2-4,9,16-17H,5H2,1H3,(H,15,18). The molecule has 0 radical (unpaired) electrons. The first-order chi connectivity index (χ1) is 8.21. The summed E-state index contributed by atoms with van der Waals surface area (Å²) in [6.07, 6.45) is -7.39. The molecule has 18 heavy (non-hydrogen) atoms. The summed E-state index contributed by atoms with van der Waals surface area (Å²) in [5.74, 6) is -0.924. The summed E-state index contributed by atoms with van der Waals surface area (Å²) in [6, 6.07) is 3.97. The molecular weight excluding hydrogens is 251 g/mol. The third-order valence-corrected chi connectivity index (χ3v) is 2.31. The SMILES string of the molecule is Cc1ccc(C(=O)NCC(O)C(F)(F)F)cc1O. The van der Waals surface area contributed by atoms with E-state index in [4.69, 9.17) is 5.11 Å². The molecule has 1 aromatic carbocycles. The van der Waals surface area contributed by atoms with Gasteiger partial charge in [0.2, 0.25) is 0 Å². The minimum Gasteiger partial charge on any atom is -0.508 e. The second-order valence-corrected chi connectivity index (χ2v) is 3.77. The van der Waals surface area contributed by atoms with E-state index >= 15 is 0 Å². The summed E-state index contributed by atoms with van der Waals surface area (Å²) in [6.45, 7) is 0.682. The summed E-state index contributed by atoms with van der Waals surface area (Å²) in [4.78, 5) is 11.4. The van der Waals surface area contributed by atoms with E-state index in [1.54, 1.807) is 6.92 Å². The van der Waals surface area contributed by atoms with Crippen molar-refractivity contribution < 1.29 is 28.2 Å². The van der Waals surface area contributed by atoms with E-state index in [1.807, 2.05) is 5.32 Å². The summed E-state index contributed by atoms with van der Waals surface area (Å²) >= 11 is 0. The number of aromatic hydroxyl groups is 1. The van der Waals surface area contributed by atoms with Gasteiger partial charge in [0.15, 0.2) is 6.10 Å². The number of rotatable bonds is 3. The Labute approximate surface area is 101 Å². The highest BCUT2D eigenvalue weighted by atomic mass is 19.4. The van der Waals surface area contributed by atoms with Gasteiger partial charge in [-0.05, 0) is 24.6 Å². The van der Waals surface area contributed by atoms with E-state index in [0.717, 1.165) is 6.07 Å². The van der Waals surface area contributed by atoms with Crippen LogP contribution in [0.1, 0.15) is 15.9 Å². The molecule has 0 heterocycles. The number of hydrogen-bond acceptors (Lipinski definition) is 3. The molecule has 0 saturated heterocycles. The molecule has 0 saturated carbocycles. The first-order valence-electron chi connectivity index (χ1n) is 5.04. The first kappa shape index (κ1) is 14.3. The molecule has 3 N–H and O–H groups in total. The molecule has 0 spiro atoms. The maximum absolute atomic E-state index is 12.0. The number of carbonyl (C=O) groups is 1. The molecule has 4 nitrogen and oxygen atoms in total. The van der Waals surface area contributed by atoms with Gasteiger partial charge in [0, 0.05) is 5.56 Å². The van der Waals surface area contributed by atoms with Gasteiger partial charge in [-0.25, -0.2) is 0 Å². The summed E-state index contributed by atoms with van der Waals surface area (Å²) in [5, 5.41) is 20.0. The quantitative estimate of drug-likeness (QED) is 0.771. The van der Waals surface area contributed by atoms with E-state index in [1.165, 1.54) is 12.1 Å². The second kappa shape index (κ2) is 5.26. The van der Waals surface area contributed by atoms with Crippen LogP contribution in [0, 0.1) is 6.92 Å². The zero-order valence-electron chi connectivity index (χ0n) is 9.45.